The van der Waals surface area contributed by atoms with Gasteiger partial charge in [-0.25, -0.2) is 9.78 Å². The number of nitrogens with one attached hydrogen (secondary N) is 2. The molecule has 0 bridgehead atoms. The molecule has 0 radical (unpaired) electrons. The lowest BCUT2D eigenvalue weighted by Crippen LogP contribution is -2.10. The number of methoxy groups -OCH3 is 1. The van der Waals surface area contributed by atoms with Gasteiger partial charge in [-0.15, -0.1) is 11.3 Å². The van der Waals surface area contributed by atoms with Crippen LogP contribution in [0.15, 0.2) is 41.6 Å². The molecule has 1 saturated heterocycles. The van der Waals surface area contributed by atoms with E-state index >= 15 is 0 Å². The SMILES string of the molecule is C=C1NC(=O)C/C1=C\c1cnn2c(NC3CC3)cc(-c3csc(C(=O)OC)c3)nc12. The summed E-state index contributed by atoms with van der Waals surface area (Å²) in [7, 11) is 1.37. The fourth-order valence-electron chi connectivity index (χ4n) is 3.35. The lowest BCUT2D eigenvalue weighted by Gasteiger charge is -2.09. The lowest BCUT2D eigenvalue weighted by molar-refractivity contribution is -0.118. The minimum Gasteiger partial charge on any atom is -0.465 e. The number of thiophene rings is 1. The molecule has 1 amide bonds. The number of rotatable bonds is 5. The molecular weight excluding hydrogens is 402 g/mol. The maximum absolute atomic E-state index is 11.8. The molecule has 0 unspecified atom stereocenters. The van der Waals surface area contributed by atoms with Crippen LogP contribution < -0.4 is 10.6 Å². The maximum Gasteiger partial charge on any atom is 0.348 e. The van der Waals surface area contributed by atoms with Gasteiger partial charge in [-0.3, -0.25) is 4.79 Å². The predicted molar refractivity (Wildman–Crippen MR) is 114 cm³/mol. The summed E-state index contributed by atoms with van der Waals surface area (Å²) in [5, 5.41) is 12.6. The molecule has 9 heteroatoms. The van der Waals surface area contributed by atoms with E-state index in [0.29, 0.717) is 22.3 Å². The van der Waals surface area contributed by atoms with Crippen molar-refractivity contribution in [1.82, 2.24) is 19.9 Å². The van der Waals surface area contributed by atoms with Gasteiger partial charge in [0, 0.05) is 34.3 Å². The quantitative estimate of drug-likeness (QED) is 0.614. The van der Waals surface area contributed by atoms with E-state index < -0.39 is 0 Å². The zero-order chi connectivity index (χ0) is 20.8. The van der Waals surface area contributed by atoms with E-state index in [1.54, 1.807) is 16.8 Å². The minimum absolute atomic E-state index is 0.0684. The van der Waals surface area contributed by atoms with Gasteiger partial charge in [0.15, 0.2) is 5.65 Å². The van der Waals surface area contributed by atoms with E-state index in [-0.39, 0.29) is 18.3 Å². The number of carbonyl (C=O) groups is 2. The largest absolute Gasteiger partial charge is 0.465 e. The van der Waals surface area contributed by atoms with E-state index in [9.17, 15) is 9.59 Å². The summed E-state index contributed by atoms with van der Waals surface area (Å²) in [4.78, 5) is 28.8. The Morgan fingerprint density at radius 2 is 2.27 bits per heavy atom. The molecule has 152 valence electrons. The summed E-state index contributed by atoms with van der Waals surface area (Å²) in [6.07, 6.45) is 6.16. The maximum atomic E-state index is 11.8. The number of carbonyl (C=O) groups excluding carboxylic acids is 2. The Labute approximate surface area is 176 Å². The fourth-order valence-corrected chi connectivity index (χ4v) is 4.16. The second-order valence-corrected chi connectivity index (χ2v) is 8.26. The summed E-state index contributed by atoms with van der Waals surface area (Å²) in [5.41, 5.74) is 4.46. The number of amides is 1. The van der Waals surface area contributed by atoms with Crippen molar-refractivity contribution in [3.05, 3.63) is 52.0 Å². The van der Waals surface area contributed by atoms with Crippen molar-refractivity contribution < 1.29 is 14.3 Å². The van der Waals surface area contributed by atoms with Crippen molar-refractivity contribution in [2.75, 3.05) is 12.4 Å². The Bertz CT molecular complexity index is 1230. The van der Waals surface area contributed by atoms with Gasteiger partial charge in [-0.1, -0.05) is 6.58 Å². The van der Waals surface area contributed by atoms with Crippen molar-refractivity contribution in [2.24, 2.45) is 0 Å². The van der Waals surface area contributed by atoms with E-state index in [1.807, 2.05) is 17.5 Å². The smallest absolute Gasteiger partial charge is 0.348 e. The molecule has 8 nitrogen and oxygen atoms in total. The molecule has 0 aromatic carbocycles. The average molecular weight is 421 g/mol. The zero-order valence-corrected chi connectivity index (χ0v) is 17.1. The second kappa shape index (κ2) is 7.10. The Hall–Kier alpha value is -3.46. The molecule has 1 saturated carbocycles. The zero-order valence-electron chi connectivity index (χ0n) is 16.3. The van der Waals surface area contributed by atoms with Crippen LogP contribution in [0.5, 0.6) is 0 Å². The first-order valence-electron chi connectivity index (χ1n) is 9.54. The molecule has 1 aliphatic carbocycles. The summed E-state index contributed by atoms with van der Waals surface area (Å²) in [5.74, 6) is 0.406. The standard InChI is InChI=1S/C21H19N5O3S/c1-11-12(7-19(27)23-11)5-13-9-22-26-18(24-15-3-4-15)8-16(25-20(13)26)14-6-17(30-10-14)21(28)29-2/h5-6,8-10,15,24H,1,3-4,7H2,2H3,(H,23,27)/b12-5+. The van der Waals surface area contributed by atoms with Crippen LogP contribution in [0.3, 0.4) is 0 Å². The fraction of sp³-hybridized carbons (Fsp3) is 0.238. The van der Waals surface area contributed by atoms with Crippen molar-refractivity contribution in [2.45, 2.75) is 25.3 Å². The molecule has 1 aliphatic heterocycles. The van der Waals surface area contributed by atoms with Gasteiger partial charge >= 0.3 is 5.97 Å². The number of fused-ring (bicyclic) bond motifs is 1. The third-order valence-electron chi connectivity index (χ3n) is 5.07. The van der Waals surface area contributed by atoms with Gasteiger partial charge in [-0.05, 0) is 30.6 Å². The third-order valence-corrected chi connectivity index (χ3v) is 5.98. The van der Waals surface area contributed by atoms with Gasteiger partial charge in [0.05, 0.1) is 25.4 Å². The monoisotopic (exact) mass is 421 g/mol. The predicted octanol–water partition coefficient (Wildman–Crippen LogP) is 3.24. The number of hydrogen-bond acceptors (Lipinski definition) is 7. The average Bonchev–Trinajstić information content (AvgIpc) is 3.12. The van der Waals surface area contributed by atoms with Gasteiger partial charge in [0.25, 0.3) is 0 Å². The van der Waals surface area contributed by atoms with Crippen LogP contribution >= 0.6 is 11.3 Å². The highest BCUT2D eigenvalue weighted by molar-refractivity contribution is 7.12. The first-order valence-corrected chi connectivity index (χ1v) is 10.4. The number of allylic oxidation sites excluding steroid dienone is 1. The normalized spacial score (nSPS) is 17.6. The highest BCUT2D eigenvalue weighted by Gasteiger charge is 2.24. The van der Waals surface area contributed by atoms with Crippen LogP contribution in [0, 0.1) is 0 Å². The van der Waals surface area contributed by atoms with Crippen LogP contribution in [0.4, 0.5) is 5.82 Å². The van der Waals surface area contributed by atoms with E-state index in [1.165, 1.54) is 18.4 Å². The van der Waals surface area contributed by atoms with Crippen LogP contribution in [0.25, 0.3) is 23.0 Å². The number of ether oxygens (including phenoxy) is 1. The molecular formula is C21H19N5O3S. The third kappa shape index (κ3) is 3.37. The number of esters is 1. The summed E-state index contributed by atoms with van der Waals surface area (Å²) < 4.78 is 6.59. The van der Waals surface area contributed by atoms with Crippen molar-refractivity contribution in [3.63, 3.8) is 0 Å². The van der Waals surface area contributed by atoms with Crippen molar-refractivity contribution in [3.8, 4) is 11.3 Å². The molecule has 3 aromatic rings. The summed E-state index contributed by atoms with van der Waals surface area (Å²) in [6, 6.07) is 4.16. The lowest BCUT2D eigenvalue weighted by atomic mass is 10.1. The summed E-state index contributed by atoms with van der Waals surface area (Å²) in [6.45, 7) is 3.90. The van der Waals surface area contributed by atoms with Crippen LogP contribution in [-0.4, -0.2) is 39.6 Å². The van der Waals surface area contributed by atoms with Gasteiger partial charge in [0.2, 0.25) is 5.91 Å². The number of nitrogens with zero attached hydrogens (tertiary/aromatic N) is 3. The van der Waals surface area contributed by atoms with Crippen LogP contribution in [0.2, 0.25) is 0 Å². The number of aromatic nitrogens is 3. The molecule has 0 atom stereocenters. The highest BCUT2D eigenvalue weighted by Crippen LogP contribution is 2.32. The molecule has 2 N–H and O–H groups in total. The molecule has 2 fully saturated rings. The number of anilines is 1. The topological polar surface area (TPSA) is 97.6 Å². The Morgan fingerprint density at radius 1 is 1.43 bits per heavy atom. The molecule has 30 heavy (non-hydrogen) atoms. The van der Waals surface area contributed by atoms with Gasteiger partial charge in [-0.2, -0.15) is 9.61 Å². The Balaban J connectivity index is 1.62. The van der Waals surface area contributed by atoms with Gasteiger partial charge in [0.1, 0.15) is 10.7 Å². The first kappa shape index (κ1) is 18.6. The highest BCUT2D eigenvalue weighted by atomic mass is 32.1. The molecule has 3 aromatic heterocycles. The molecule has 5 rings (SSSR count). The summed E-state index contributed by atoms with van der Waals surface area (Å²) >= 11 is 1.32. The Kier molecular flexibility index (Phi) is 4.39. The van der Waals surface area contributed by atoms with E-state index in [2.05, 4.69) is 22.3 Å². The second-order valence-electron chi connectivity index (χ2n) is 7.34. The van der Waals surface area contributed by atoms with Crippen LogP contribution in [-0.2, 0) is 9.53 Å². The van der Waals surface area contributed by atoms with E-state index in [0.717, 1.165) is 41.1 Å². The van der Waals surface area contributed by atoms with Crippen molar-refractivity contribution in [1.29, 1.82) is 0 Å². The molecule has 0 spiro atoms. The molecule has 2 aliphatic rings. The minimum atomic E-state index is -0.365. The van der Waals surface area contributed by atoms with Gasteiger partial charge < -0.3 is 15.4 Å². The van der Waals surface area contributed by atoms with Crippen molar-refractivity contribution >= 4 is 40.8 Å². The van der Waals surface area contributed by atoms with Crippen LogP contribution in [0.1, 0.15) is 34.5 Å². The van der Waals surface area contributed by atoms with E-state index in [4.69, 9.17) is 9.72 Å². The Morgan fingerprint density at radius 3 is 2.97 bits per heavy atom. The first-order chi connectivity index (χ1) is 14.5. The molecule has 4 heterocycles. The number of hydrogen-bond donors (Lipinski definition) is 2.